The Labute approximate surface area is 135 Å². The Bertz CT molecular complexity index is 453. The first-order chi connectivity index (χ1) is 10.1. The van der Waals surface area contributed by atoms with Gasteiger partial charge in [-0.25, -0.2) is 9.59 Å². The maximum absolute atomic E-state index is 11.8. The minimum Gasteiger partial charge on any atom is -0.467 e. The Balaban J connectivity index is 4.98. The average molecular weight is 333 g/mol. The van der Waals surface area contributed by atoms with Crippen LogP contribution in [0.25, 0.3) is 0 Å². The van der Waals surface area contributed by atoms with Gasteiger partial charge in [0.15, 0.2) is 0 Å². The molecule has 0 fully saturated rings. The molecule has 0 heterocycles. The number of nitrogens with one attached hydrogen (secondary N) is 1. The number of alkyl carbamates (subject to hydrolysis) is 1. The molecule has 0 bridgehead atoms. The number of carbonyl (C=O) groups excluding carboxylic acids is 3. The summed E-state index contributed by atoms with van der Waals surface area (Å²) in [6.45, 7) is 4.83. The third kappa shape index (κ3) is 7.74. The van der Waals surface area contributed by atoms with E-state index in [9.17, 15) is 14.4 Å². The van der Waals surface area contributed by atoms with Gasteiger partial charge in [0.25, 0.3) is 0 Å². The second kappa shape index (κ2) is 9.15. The lowest BCUT2D eigenvalue weighted by Gasteiger charge is -2.26. The van der Waals surface area contributed by atoms with E-state index < -0.39 is 29.6 Å². The summed E-state index contributed by atoms with van der Waals surface area (Å²) in [4.78, 5) is 36.3. The van der Waals surface area contributed by atoms with Crippen molar-refractivity contribution in [2.24, 2.45) is 0 Å². The molecule has 8 heteroatoms. The number of ether oxygens (including phenoxy) is 2. The Morgan fingerprint density at radius 1 is 1.36 bits per heavy atom. The Morgan fingerprint density at radius 3 is 2.36 bits per heavy atom. The van der Waals surface area contributed by atoms with Crippen molar-refractivity contribution >= 4 is 29.6 Å². The van der Waals surface area contributed by atoms with Crippen LogP contribution in [-0.4, -0.2) is 60.6 Å². The smallest absolute Gasteiger partial charge is 0.408 e. The highest BCUT2D eigenvalue weighted by molar-refractivity contribution is 6.27. The highest BCUT2D eigenvalue weighted by Gasteiger charge is 2.28. The number of nitrogens with zero attached hydrogens (tertiary/aromatic N) is 1. The number of rotatable bonds is 6. The predicted octanol–water partition coefficient (Wildman–Crippen LogP) is 0.753. The normalized spacial score (nSPS) is 11.8. The van der Waals surface area contributed by atoms with E-state index in [0.29, 0.717) is 0 Å². The third-order valence-electron chi connectivity index (χ3n) is 2.33. The molecule has 7 nitrogen and oxygen atoms in total. The second-order valence-corrected chi connectivity index (χ2v) is 5.60. The molecular weight excluding hydrogens is 312 g/mol. The van der Waals surface area contributed by atoms with Crippen molar-refractivity contribution in [3.05, 3.63) is 0 Å². The number of amides is 2. The maximum atomic E-state index is 11.8. The van der Waals surface area contributed by atoms with Crippen LogP contribution in [0.1, 0.15) is 20.8 Å². The molecule has 1 N–H and O–H groups in total. The molecule has 0 aromatic heterocycles. The first-order valence-corrected chi connectivity index (χ1v) is 7.02. The molecule has 0 aliphatic carbocycles. The molecule has 0 aromatic carbocycles. The largest absolute Gasteiger partial charge is 0.467 e. The van der Waals surface area contributed by atoms with Crippen molar-refractivity contribution in [3.8, 4) is 12.3 Å². The second-order valence-electron chi connectivity index (χ2n) is 5.33. The number of hydrogen-bond donors (Lipinski definition) is 1. The molecule has 0 unspecified atom stereocenters. The van der Waals surface area contributed by atoms with Crippen molar-refractivity contribution in [2.45, 2.75) is 32.4 Å². The number of esters is 1. The molecule has 1 atom stereocenters. The van der Waals surface area contributed by atoms with Crippen molar-refractivity contribution in [3.63, 3.8) is 0 Å². The lowest BCUT2D eigenvalue weighted by atomic mass is 10.2. The summed E-state index contributed by atoms with van der Waals surface area (Å²) in [5.41, 5.74) is -0.727. The molecular formula is C14H21ClN2O5. The van der Waals surface area contributed by atoms with Gasteiger partial charge in [-0.1, -0.05) is 5.92 Å². The van der Waals surface area contributed by atoms with Gasteiger partial charge >= 0.3 is 12.1 Å². The summed E-state index contributed by atoms with van der Waals surface area (Å²) in [5, 5.41) is 2.35. The van der Waals surface area contributed by atoms with Crippen LogP contribution in [0, 0.1) is 12.3 Å². The first kappa shape index (κ1) is 20.1. The predicted molar refractivity (Wildman–Crippen MR) is 81.3 cm³/mol. The molecule has 0 aliphatic heterocycles. The Hall–Kier alpha value is -1.94. The molecule has 0 aliphatic rings. The van der Waals surface area contributed by atoms with Crippen LogP contribution in [0.4, 0.5) is 4.79 Å². The van der Waals surface area contributed by atoms with Gasteiger partial charge in [-0.2, -0.15) is 0 Å². The van der Waals surface area contributed by atoms with Gasteiger partial charge in [-0.3, -0.25) is 4.79 Å². The Kier molecular flexibility index (Phi) is 8.35. The summed E-state index contributed by atoms with van der Waals surface area (Å²) in [6.07, 6.45) is 4.37. The zero-order valence-corrected chi connectivity index (χ0v) is 13.9. The lowest BCUT2D eigenvalue weighted by molar-refractivity contribution is -0.144. The fourth-order valence-corrected chi connectivity index (χ4v) is 1.61. The molecule has 0 saturated carbocycles. The molecule has 22 heavy (non-hydrogen) atoms. The third-order valence-corrected chi connectivity index (χ3v) is 2.56. The number of halogens is 1. The van der Waals surface area contributed by atoms with Crippen LogP contribution >= 0.6 is 11.6 Å². The van der Waals surface area contributed by atoms with Gasteiger partial charge in [0.2, 0.25) is 5.91 Å². The molecule has 0 saturated heterocycles. The topological polar surface area (TPSA) is 84.9 Å². The highest BCUT2D eigenvalue weighted by atomic mass is 35.5. The van der Waals surface area contributed by atoms with Crippen molar-refractivity contribution in [1.29, 1.82) is 0 Å². The summed E-state index contributed by atoms with van der Waals surface area (Å²) in [7, 11) is 1.17. The number of carbonyl (C=O) groups is 3. The van der Waals surface area contributed by atoms with E-state index in [4.69, 9.17) is 22.8 Å². The molecule has 124 valence electrons. The summed E-state index contributed by atoms with van der Waals surface area (Å²) < 4.78 is 9.67. The molecule has 0 rings (SSSR count). The van der Waals surface area contributed by atoms with Gasteiger partial charge in [0, 0.05) is 0 Å². The lowest BCUT2D eigenvalue weighted by Crippen LogP contribution is -2.51. The number of terminal acetylenes is 1. The van der Waals surface area contributed by atoms with Crippen LogP contribution in [0.3, 0.4) is 0 Å². The van der Waals surface area contributed by atoms with E-state index >= 15 is 0 Å². The van der Waals surface area contributed by atoms with Crippen LogP contribution in [-0.2, 0) is 19.1 Å². The van der Waals surface area contributed by atoms with Gasteiger partial charge in [0.1, 0.15) is 17.5 Å². The van der Waals surface area contributed by atoms with Crippen molar-refractivity contribution in [2.75, 3.05) is 26.1 Å². The zero-order chi connectivity index (χ0) is 17.3. The first-order valence-electron chi connectivity index (χ1n) is 6.49. The Morgan fingerprint density at radius 2 is 1.95 bits per heavy atom. The van der Waals surface area contributed by atoms with Gasteiger partial charge < -0.3 is 19.7 Å². The monoisotopic (exact) mass is 332 g/mol. The summed E-state index contributed by atoms with van der Waals surface area (Å²) in [5.74, 6) is 0.812. The van der Waals surface area contributed by atoms with Crippen LogP contribution in [0.5, 0.6) is 0 Å². The van der Waals surface area contributed by atoms with E-state index in [1.165, 1.54) is 12.0 Å². The summed E-state index contributed by atoms with van der Waals surface area (Å²) >= 11 is 5.48. The fourth-order valence-electron chi connectivity index (χ4n) is 1.44. The van der Waals surface area contributed by atoms with Gasteiger partial charge in [0.05, 0.1) is 20.2 Å². The maximum Gasteiger partial charge on any atom is 0.408 e. The van der Waals surface area contributed by atoms with Crippen molar-refractivity contribution in [1.82, 2.24) is 10.2 Å². The van der Waals surface area contributed by atoms with Crippen molar-refractivity contribution < 1.29 is 23.9 Å². The average Bonchev–Trinajstić information content (AvgIpc) is 2.42. The quantitative estimate of drug-likeness (QED) is 0.441. The van der Waals surface area contributed by atoms with Crippen LogP contribution in [0.2, 0.25) is 0 Å². The van der Waals surface area contributed by atoms with Crippen LogP contribution in [0.15, 0.2) is 0 Å². The standard InChI is InChI=1S/C14H21ClN2O5/c1-6-7-17(11(18)8-15)9-10(12(19)21-5)16-13(20)22-14(2,3)4/h1,10H,7-9H2,2-5H3,(H,16,20)/t10-/m0/s1. The minimum absolute atomic E-state index is 0.0466. The van der Waals surface area contributed by atoms with Crippen LogP contribution < -0.4 is 5.32 Å². The SMILES string of the molecule is C#CCN(C[C@H](NC(=O)OC(C)(C)C)C(=O)OC)C(=O)CCl. The number of hydrogen-bond acceptors (Lipinski definition) is 5. The molecule has 0 spiro atoms. The molecule has 0 radical (unpaired) electrons. The van der Waals surface area contributed by atoms with E-state index in [0.717, 1.165) is 0 Å². The number of methoxy groups -OCH3 is 1. The summed E-state index contributed by atoms with van der Waals surface area (Å²) in [6, 6.07) is -1.11. The fraction of sp³-hybridized carbons (Fsp3) is 0.643. The molecule has 0 aromatic rings. The number of alkyl halides is 1. The van der Waals surface area contributed by atoms with E-state index in [1.807, 2.05) is 0 Å². The molecule has 2 amide bonds. The minimum atomic E-state index is -1.11. The van der Waals surface area contributed by atoms with E-state index in [-0.39, 0.29) is 19.0 Å². The highest BCUT2D eigenvalue weighted by Crippen LogP contribution is 2.07. The van der Waals surface area contributed by atoms with E-state index in [1.54, 1.807) is 20.8 Å². The van der Waals surface area contributed by atoms with E-state index in [2.05, 4.69) is 16.0 Å². The van der Waals surface area contributed by atoms with Gasteiger partial charge in [-0.15, -0.1) is 18.0 Å². The zero-order valence-electron chi connectivity index (χ0n) is 13.1. The van der Waals surface area contributed by atoms with Gasteiger partial charge in [-0.05, 0) is 20.8 Å².